The lowest BCUT2D eigenvalue weighted by Gasteiger charge is -2.33. The summed E-state index contributed by atoms with van der Waals surface area (Å²) in [5.41, 5.74) is 0. The molecule has 0 aromatic rings. The molecule has 0 spiro atoms. The van der Waals surface area contributed by atoms with Crippen LogP contribution in [0.25, 0.3) is 0 Å². The minimum atomic E-state index is -1.92. The van der Waals surface area contributed by atoms with Gasteiger partial charge in [0.15, 0.2) is 0 Å². The second-order valence-electron chi connectivity index (χ2n) is 6.74. The summed E-state index contributed by atoms with van der Waals surface area (Å²) in [5.74, 6) is 1.76. The van der Waals surface area contributed by atoms with E-state index in [1.807, 2.05) is 14.2 Å². The molecule has 0 N–H and O–H groups in total. The van der Waals surface area contributed by atoms with Crippen molar-refractivity contribution in [1.82, 2.24) is 0 Å². The molecule has 0 aromatic carbocycles. The second kappa shape index (κ2) is 7.80. The van der Waals surface area contributed by atoms with Crippen molar-refractivity contribution < 1.29 is 8.85 Å². The van der Waals surface area contributed by atoms with Crippen LogP contribution in [0.3, 0.4) is 0 Å². The molecule has 112 valence electrons. The Kier molecular flexibility index (Phi) is 6.37. The van der Waals surface area contributed by atoms with Crippen molar-refractivity contribution in [2.24, 2.45) is 11.8 Å². The van der Waals surface area contributed by atoms with Crippen LogP contribution in [0.2, 0.25) is 12.1 Å². The first-order valence-corrected chi connectivity index (χ1v) is 10.6. The van der Waals surface area contributed by atoms with Gasteiger partial charge in [-0.2, -0.15) is 0 Å². The zero-order valence-electron chi connectivity index (χ0n) is 13.0. The molecule has 19 heavy (non-hydrogen) atoms. The average Bonchev–Trinajstić information content (AvgIpc) is 2.81. The lowest BCUT2D eigenvalue weighted by molar-refractivity contribution is 0.223. The van der Waals surface area contributed by atoms with E-state index < -0.39 is 8.56 Å². The van der Waals surface area contributed by atoms with Gasteiger partial charge in [-0.25, -0.2) is 0 Å². The minimum Gasteiger partial charge on any atom is -0.398 e. The van der Waals surface area contributed by atoms with Crippen molar-refractivity contribution in [2.45, 2.75) is 76.3 Å². The molecule has 0 aromatic heterocycles. The summed E-state index contributed by atoms with van der Waals surface area (Å²) in [7, 11) is 1.89. The van der Waals surface area contributed by atoms with Crippen LogP contribution in [-0.4, -0.2) is 22.8 Å². The summed E-state index contributed by atoms with van der Waals surface area (Å²) >= 11 is 0. The normalized spacial score (nSPS) is 23.7. The van der Waals surface area contributed by atoms with Crippen LogP contribution < -0.4 is 0 Å². The molecule has 0 saturated heterocycles. The van der Waals surface area contributed by atoms with Crippen LogP contribution in [-0.2, 0) is 8.85 Å². The average molecular weight is 285 g/mol. The number of rotatable bonds is 6. The summed E-state index contributed by atoms with van der Waals surface area (Å²) in [4.78, 5) is 0. The van der Waals surface area contributed by atoms with Crippen molar-refractivity contribution in [2.75, 3.05) is 14.2 Å². The van der Waals surface area contributed by atoms with Gasteiger partial charge < -0.3 is 8.85 Å². The van der Waals surface area contributed by atoms with Gasteiger partial charge in [0, 0.05) is 14.2 Å². The van der Waals surface area contributed by atoms with Gasteiger partial charge in [-0.1, -0.05) is 64.2 Å². The first-order chi connectivity index (χ1) is 9.28. The summed E-state index contributed by atoms with van der Waals surface area (Å²) in [5, 5.41) is 0. The van der Waals surface area contributed by atoms with Gasteiger partial charge >= 0.3 is 8.56 Å². The molecule has 0 bridgehead atoms. The fourth-order valence-electron chi connectivity index (χ4n) is 4.16. The summed E-state index contributed by atoms with van der Waals surface area (Å²) < 4.78 is 12.0. The molecule has 0 aliphatic heterocycles. The molecule has 2 nitrogen and oxygen atoms in total. The topological polar surface area (TPSA) is 18.5 Å². The predicted molar refractivity (Wildman–Crippen MR) is 82.5 cm³/mol. The van der Waals surface area contributed by atoms with Crippen molar-refractivity contribution in [3.63, 3.8) is 0 Å². The van der Waals surface area contributed by atoms with E-state index in [4.69, 9.17) is 8.85 Å². The Morgan fingerprint density at radius 1 is 0.684 bits per heavy atom. The fourth-order valence-corrected chi connectivity index (χ4v) is 7.74. The quantitative estimate of drug-likeness (QED) is 0.511. The third kappa shape index (κ3) is 4.57. The molecule has 2 aliphatic carbocycles. The van der Waals surface area contributed by atoms with Crippen LogP contribution in [0.5, 0.6) is 0 Å². The molecule has 0 amide bonds. The SMILES string of the molecule is CO[Si](CC1CCCCCC1)(CC1CCCC1)OC. The number of hydrogen-bond acceptors (Lipinski definition) is 2. The Labute approximate surface area is 120 Å². The van der Waals surface area contributed by atoms with Crippen LogP contribution in [0, 0.1) is 11.8 Å². The molecular formula is C16H32O2Si. The molecule has 3 heteroatoms. The van der Waals surface area contributed by atoms with Crippen molar-refractivity contribution >= 4 is 8.56 Å². The second-order valence-corrected chi connectivity index (χ2v) is 10.2. The zero-order chi connectivity index (χ0) is 13.6. The maximum atomic E-state index is 6.01. The van der Waals surface area contributed by atoms with E-state index in [0.29, 0.717) is 0 Å². The van der Waals surface area contributed by atoms with Gasteiger partial charge in [-0.05, 0) is 23.9 Å². The van der Waals surface area contributed by atoms with Crippen molar-refractivity contribution in [3.05, 3.63) is 0 Å². The Balaban J connectivity index is 1.92. The highest BCUT2D eigenvalue weighted by Crippen LogP contribution is 2.38. The Morgan fingerprint density at radius 3 is 1.42 bits per heavy atom. The first-order valence-electron chi connectivity index (χ1n) is 8.38. The van der Waals surface area contributed by atoms with Crippen molar-refractivity contribution in [3.8, 4) is 0 Å². The van der Waals surface area contributed by atoms with Gasteiger partial charge in [0.25, 0.3) is 0 Å². The molecular weight excluding hydrogens is 252 g/mol. The third-order valence-electron chi connectivity index (χ3n) is 5.39. The van der Waals surface area contributed by atoms with E-state index in [-0.39, 0.29) is 0 Å². The predicted octanol–water partition coefficient (Wildman–Crippen LogP) is 4.88. The summed E-state index contributed by atoms with van der Waals surface area (Å²) in [6, 6.07) is 2.49. The lowest BCUT2D eigenvalue weighted by atomic mass is 10.0. The zero-order valence-corrected chi connectivity index (χ0v) is 14.0. The fraction of sp³-hybridized carbons (Fsp3) is 1.00. The molecule has 0 heterocycles. The van der Waals surface area contributed by atoms with Gasteiger partial charge in [0.05, 0.1) is 0 Å². The Bertz CT molecular complexity index is 239. The van der Waals surface area contributed by atoms with Crippen LogP contribution in [0.1, 0.15) is 64.2 Å². The van der Waals surface area contributed by atoms with Gasteiger partial charge in [0.2, 0.25) is 0 Å². The number of hydrogen-bond donors (Lipinski definition) is 0. The monoisotopic (exact) mass is 284 g/mol. The molecule has 2 rings (SSSR count). The van der Waals surface area contributed by atoms with Gasteiger partial charge in [-0.15, -0.1) is 0 Å². The van der Waals surface area contributed by atoms with Crippen molar-refractivity contribution in [1.29, 1.82) is 0 Å². The highest BCUT2D eigenvalue weighted by Gasteiger charge is 2.40. The lowest BCUT2D eigenvalue weighted by Crippen LogP contribution is -2.43. The summed E-state index contributed by atoms with van der Waals surface area (Å²) in [6.07, 6.45) is 14.2. The smallest absolute Gasteiger partial charge is 0.338 e. The van der Waals surface area contributed by atoms with Gasteiger partial charge in [-0.3, -0.25) is 0 Å². The van der Waals surface area contributed by atoms with E-state index in [9.17, 15) is 0 Å². The largest absolute Gasteiger partial charge is 0.398 e. The highest BCUT2D eigenvalue weighted by molar-refractivity contribution is 6.67. The van der Waals surface area contributed by atoms with Crippen LogP contribution in [0.4, 0.5) is 0 Å². The minimum absolute atomic E-state index is 0.871. The first kappa shape index (κ1) is 15.5. The molecule has 0 unspecified atom stereocenters. The third-order valence-corrected chi connectivity index (χ3v) is 9.28. The highest BCUT2D eigenvalue weighted by atomic mass is 28.4. The van der Waals surface area contributed by atoms with E-state index >= 15 is 0 Å². The van der Waals surface area contributed by atoms with Crippen LogP contribution >= 0.6 is 0 Å². The Morgan fingerprint density at radius 2 is 1.05 bits per heavy atom. The van der Waals surface area contributed by atoms with Crippen LogP contribution in [0.15, 0.2) is 0 Å². The molecule has 0 atom stereocenters. The maximum Gasteiger partial charge on any atom is 0.338 e. The maximum absolute atomic E-state index is 6.01. The van der Waals surface area contributed by atoms with E-state index in [1.165, 1.54) is 76.3 Å². The Hall–Kier alpha value is 0.137. The van der Waals surface area contributed by atoms with E-state index in [0.717, 1.165) is 11.8 Å². The van der Waals surface area contributed by atoms with E-state index in [1.54, 1.807) is 0 Å². The molecule has 0 radical (unpaired) electrons. The van der Waals surface area contributed by atoms with Gasteiger partial charge in [0.1, 0.15) is 0 Å². The summed E-state index contributed by atoms with van der Waals surface area (Å²) in [6.45, 7) is 0. The molecule has 2 aliphatic rings. The molecule has 2 fully saturated rings. The molecule has 2 saturated carbocycles. The standard InChI is InChI=1S/C16H32O2Si/c1-17-19(18-2,14-16-11-7-8-12-16)13-15-9-5-3-4-6-10-15/h15-16H,3-14H2,1-2H3. The van der Waals surface area contributed by atoms with E-state index in [2.05, 4.69) is 0 Å².